The molecular formula is C11H18N2O2S. The van der Waals surface area contributed by atoms with Gasteiger partial charge >= 0.3 is 0 Å². The Morgan fingerprint density at radius 1 is 1.56 bits per heavy atom. The molecule has 1 saturated heterocycles. The Balaban J connectivity index is 1.71. The molecule has 2 rings (SSSR count). The molecule has 0 bridgehead atoms. The maximum absolute atomic E-state index is 11.6. The van der Waals surface area contributed by atoms with Gasteiger partial charge in [0.1, 0.15) is 0 Å². The summed E-state index contributed by atoms with van der Waals surface area (Å²) in [7, 11) is 0. The van der Waals surface area contributed by atoms with E-state index in [1.807, 2.05) is 11.2 Å². The first-order valence-electron chi connectivity index (χ1n) is 5.76. The SMILES string of the molecule is CSCC(=O)NC[C@H]1CC(=O)N(C2CC2)C1. The van der Waals surface area contributed by atoms with Gasteiger partial charge in [-0.3, -0.25) is 9.59 Å². The average molecular weight is 242 g/mol. The Bertz CT molecular complexity index is 292. The standard InChI is InChI=1S/C11H18N2O2S/c1-16-7-10(14)12-5-8-4-11(15)13(6-8)9-2-3-9/h8-9H,2-7H2,1H3,(H,12,14)/t8-/m1/s1. The van der Waals surface area contributed by atoms with Crippen molar-refractivity contribution >= 4 is 23.6 Å². The lowest BCUT2D eigenvalue weighted by Crippen LogP contribution is -2.32. The number of nitrogens with one attached hydrogen (secondary N) is 1. The number of nitrogens with zero attached hydrogens (tertiary/aromatic N) is 1. The predicted molar refractivity (Wildman–Crippen MR) is 64.2 cm³/mol. The second-order valence-electron chi connectivity index (χ2n) is 4.58. The van der Waals surface area contributed by atoms with Crippen molar-refractivity contribution in [3.8, 4) is 0 Å². The fraction of sp³-hybridized carbons (Fsp3) is 0.818. The number of carbonyl (C=O) groups excluding carboxylic acids is 2. The van der Waals surface area contributed by atoms with Gasteiger partial charge in [-0.25, -0.2) is 0 Å². The van der Waals surface area contributed by atoms with E-state index >= 15 is 0 Å². The topological polar surface area (TPSA) is 49.4 Å². The van der Waals surface area contributed by atoms with E-state index in [1.165, 1.54) is 11.8 Å². The van der Waals surface area contributed by atoms with Crippen molar-refractivity contribution in [1.82, 2.24) is 10.2 Å². The molecule has 0 spiro atoms. The van der Waals surface area contributed by atoms with Crippen LogP contribution in [0, 0.1) is 5.92 Å². The molecule has 2 fully saturated rings. The van der Waals surface area contributed by atoms with E-state index in [2.05, 4.69) is 5.32 Å². The number of amides is 2. The van der Waals surface area contributed by atoms with Crippen molar-refractivity contribution in [2.45, 2.75) is 25.3 Å². The minimum absolute atomic E-state index is 0.0739. The summed E-state index contributed by atoms with van der Waals surface area (Å²) in [6.07, 6.45) is 4.85. The average Bonchev–Trinajstić information content (AvgIpc) is 3.01. The number of hydrogen-bond acceptors (Lipinski definition) is 3. The Morgan fingerprint density at radius 3 is 2.94 bits per heavy atom. The van der Waals surface area contributed by atoms with Crippen LogP contribution in [0.2, 0.25) is 0 Å². The zero-order valence-corrected chi connectivity index (χ0v) is 10.4. The molecule has 1 heterocycles. The summed E-state index contributed by atoms with van der Waals surface area (Å²) >= 11 is 1.52. The minimum atomic E-state index is 0.0739. The van der Waals surface area contributed by atoms with Crippen molar-refractivity contribution in [1.29, 1.82) is 0 Å². The highest BCUT2D eigenvalue weighted by Gasteiger charge is 2.39. The highest BCUT2D eigenvalue weighted by Crippen LogP contribution is 2.32. The maximum atomic E-state index is 11.6. The van der Waals surface area contributed by atoms with E-state index in [-0.39, 0.29) is 11.8 Å². The molecule has 1 aliphatic carbocycles. The highest BCUT2D eigenvalue weighted by atomic mass is 32.2. The van der Waals surface area contributed by atoms with E-state index in [1.54, 1.807) is 0 Å². The molecule has 0 unspecified atom stereocenters. The molecule has 2 aliphatic rings. The van der Waals surface area contributed by atoms with Crippen molar-refractivity contribution in [2.24, 2.45) is 5.92 Å². The van der Waals surface area contributed by atoms with Gasteiger partial charge in [-0.05, 0) is 19.1 Å². The Morgan fingerprint density at radius 2 is 2.31 bits per heavy atom. The lowest BCUT2D eigenvalue weighted by molar-refractivity contribution is -0.128. The molecule has 1 N–H and O–H groups in total. The van der Waals surface area contributed by atoms with Crippen molar-refractivity contribution < 1.29 is 9.59 Å². The van der Waals surface area contributed by atoms with Gasteiger partial charge in [-0.1, -0.05) is 0 Å². The van der Waals surface area contributed by atoms with E-state index < -0.39 is 0 Å². The fourth-order valence-electron chi connectivity index (χ4n) is 2.12. The summed E-state index contributed by atoms with van der Waals surface area (Å²) in [6, 6.07) is 0.513. The molecule has 90 valence electrons. The second-order valence-corrected chi connectivity index (χ2v) is 5.45. The maximum Gasteiger partial charge on any atom is 0.229 e. The van der Waals surface area contributed by atoms with Crippen LogP contribution in [0.4, 0.5) is 0 Å². The summed E-state index contributed by atoms with van der Waals surface area (Å²) in [5, 5.41) is 2.89. The van der Waals surface area contributed by atoms with Crippen LogP contribution in [0.1, 0.15) is 19.3 Å². The highest BCUT2D eigenvalue weighted by molar-refractivity contribution is 7.99. The smallest absolute Gasteiger partial charge is 0.229 e. The number of likely N-dealkylation sites (tertiary alicyclic amines) is 1. The molecule has 5 heteroatoms. The molecule has 0 aromatic heterocycles. The van der Waals surface area contributed by atoms with Crippen molar-refractivity contribution in [3.63, 3.8) is 0 Å². The van der Waals surface area contributed by atoms with Gasteiger partial charge in [0, 0.05) is 31.5 Å². The first kappa shape index (κ1) is 11.8. The van der Waals surface area contributed by atoms with Gasteiger partial charge in [0.2, 0.25) is 11.8 Å². The van der Waals surface area contributed by atoms with Crippen LogP contribution in [0.5, 0.6) is 0 Å². The number of hydrogen-bond donors (Lipinski definition) is 1. The molecule has 1 atom stereocenters. The lowest BCUT2D eigenvalue weighted by Gasteiger charge is -2.15. The van der Waals surface area contributed by atoms with E-state index in [9.17, 15) is 9.59 Å². The number of carbonyl (C=O) groups is 2. The van der Waals surface area contributed by atoms with Gasteiger partial charge in [-0.2, -0.15) is 11.8 Å². The van der Waals surface area contributed by atoms with Gasteiger partial charge < -0.3 is 10.2 Å². The molecule has 16 heavy (non-hydrogen) atoms. The van der Waals surface area contributed by atoms with Crippen molar-refractivity contribution in [2.75, 3.05) is 25.1 Å². The third-order valence-electron chi connectivity index (χ3n) is 3.09. The van der Waals surface area contributed by atoms with Crippen molar-refractivity contribution in [3.05, 3.63) is 0 Å². The summed E-state index contributed by atoms with van der Waals surface area (Å²) in [6.45, 7) is 1.48. The molecule has 4 nitrogen and oxygen atoms in total. The minimum Gasteiger partial charge on any atom is -0.355 e. The lowest BCUT2D eigenvalue weighted by atomic mass is 10.1. The third kappa shape index (κ3) is 2.90. The predicted octanol–water partition coefficient (Wildman–Crippen LogP) is 0.476. The van der Waals surface area contributed by atoms with Gasteiger partial charge in [0.25, 0.3) is 0 Å². The molecule has 0 aromatic carbocycles. The number of thioether (sulfide) groups is 1. The molecule has 0 radical (unpaired) electrons. The van der Waals surface area contributed by atoms with E-state index in [0.29, 0.717) is 30.7 Å². The molecule has 1 saturated carbocycles. The summed E-state index contributed by atoms with van der Waals surface area (Å²) in [5.41, 5.74) is 0. The van der Waals surface area contributed by atoms with Crippen LogP contribution >= 0.6 is 11.8 Å². The first-order valence-corrected chi connectivity index (χ1v) is 7.15. The number of rotatable bonds is 5. The fourth-order valence-corrected chi connectivity index (χ4v) is 2.49. The van der Waals surface area contributed by atoms with E-state index in [4.69, 9.17) is 0 Å². The first-order chi connectivity index (χ1) is 7.70. The zero-order chi connectivity index (χ0) is 11.5. The van der Waals surface area contributed by atoms with Crippen LogP contribution in [-0.2, 0) is 9.59 Å². The largest absolute Gasteiger partial charge is 0.355 e. The quantitative estimate of drug-likeness (QED) is 0.763. The van der Waals surface area contributed by atoms with Gasteiger partial charge in [-0.15, -0.1) is 0 Å². The zero-order valence-electron chi connectivity index (χ0n) is 9.57. The normalized spacial score (nSPS) is 24.9. The van der Waals surface area contributed by atoms with Crippen LogP contribution in [0.15, 0.2) is 0 Å². The molecule has 0 aromatic rings. The summed E-state index contributed by atoms with van der Waals surface area (Å²) in [5.74, 6) is 1.17. The van der Waals surface area contributed by atoms with E-state index in [0.717, 1.165) is 19.4 Å². The summed E-state index contributed by atoms with van der Waals surface area (Å²) < 4.78 is 0. The molecule has 2 amide bonds. The molecule has 1 aliphatic heterocycles. The van der Waals surface area contributed by atoms with Crippen LogP contribution in [-0.4, -0.2) is 47.9 Å². The van der Waals surface area contributed by atoms with Gasteiger partial charge in [0.15, 0.2) is 0 Å². The Kier molecular flexibility index (Phi) is 3.74. The van der Waals surface area contributed by atoms with Gasteiger partial charge in [0.05, 0.1) is 5.75 Å². The molecular weight excluding hydrogens is 224 g/mol. The second kappa shape index (κ2) is 5.08. The van der Waals surface area contributed by atoms with Crippen LogP contribution < -0.4 is 5.32 Å². The third-order valence-corrected chi connectivity index (χ3v) is 3.64. The Labute approximate surface area is 100 Å². The van der Waals surface area contributed by atoms with Crippen LogP contribution in [0.25, 0.3) is 0 Å². The summed E-state index contributed by atoms with van der Waals surface area (Å²) in [4.78, 5) is 24.9. The Hall–Kier alpha value is -0.710. The van der Waals surface area contributed by atoms with Crippen LogP contribution in [0.3, 0.4) is 0 Å². The monoisotopic (exact) mass is 242 g/mol.